The minimum atomic E-state index is -2.16. The normalized spacial score (nSPS) is 22.9. The second kappa shape index (κ2) is 8.30. The molecular weight excluding hydrogens is 372 g/mol. The molecule has 3 rings (SSSR count). The molecule has 144 valence electrons. The van der Waals surface area contributed by atoms with E-state index in [4.69, 9.17) is 14.3 Å². The van der Waals surface area contributed by atoms with Crippen molar-refractivity contribution in [3.8, 4) is 0 Å². The molecule has 1 saturated heterocycles. The number of carbonyl (C=O) groups is 1. The molecule has 1 atom stereocenters. The van der Waals surface area contributed by atoms with Crippen molar-refractivity contribution < 1.29 is 16.3 Å². The molecule has 1 aliphatic heterocycles. The highest BCUT2D eigenvalue weighted by Gasteiger charge is 2.35. The number of rotatable bonds is 5. The van der Waals surface area contributed by atoms with Crippen molar-refractivity contribution in [2.24, 2.45) is 0 Å². The summed E-state index contributed by atoms with van der Waals surface area (Å²) >= 11 is 5.72. The quantitative estimate of drug-likeness (QED) is 0.746. The number of halogens is 3. The number of aryl methyl sites for hydroxylation is 2. The molecule has 1 amide bonds. The minimum Gasteiger partial charge on any atom is -0.338 e. The minimum absolute atomic E-state index is 0.0297. The van der Waals surface area contributed by atoms with Gasteiger partial charge in [-0.15, -0.1) is 0 Å². The monoisotopic (exact) mass is 395 g/mol. The number of carbonyl (C=O) groups excluding carboxylic acids is 1. The molecule has 1 aromatic heterocycles. The van der Waals surface area contributed by atoms with E-state index in [9.17, 15) is 9.18 Å². The lowest BCUT2D eigenvalue weighted by atomic mass is 9.88. The van der Waals surface area contributed by atoms with Gasteiger partial charge in [0.2, 0.25) is 0 Å². The van der Waals surface area contributed by atoms with Gasteiger partial charge >= 0.3 is 0 Å². The van der Waals surface area contributed by atoms with Gasteiger partial charge < -0.3 is 4.90 Å². The molecular formula is C20H22ClF2N3O. The van der Waals surface area contributed by atoms with Crippen LogP contribution in [0.4, 0.5) is 8.78 Å². The van der Waals surface area contributed by atoms with E-state index in [1.165, 1.54) is 6.07 Å². The molecule has 1 unspecified atom stereocenters. The van der Waals surface area contributed by atoms with Crippen molar-refractivity contribution in [2.75, 3.05) is 13.0 Å². The number of likely N-dealkylation sites (tertiary alicyclic amines) is 1. The number of aromatic nitrogens is 2. The molecule has 1 aliphatic rings. The number of hydrogen-bond acceptors (Lipinski definition) is 3. The van der Waals surface area contributed by atoms with Crippen molar-refractivity contribution in [1.29, 1.82) is 0 Å². The van der Waals surface area contributed by atoms with Gasteiger partial charge in [-0.25, -0.2) is 18.7 Å². The van der Waals surface area contributed by atoms with E-state index < -0.39 is 30.3 Å². The molecule has 0 radical (unpaired) electrons. The number of alkyl halides is 1. The Balaban J connectivity index is 1.62. The Kier molecular flexibility index (Phi) is 5.24. The second-order valence-electron chi connectivity index (χ2n) is 6.85. The van der Waals surface area contributed by atoms with Gasteiger partial charge in [0.05, 0.1) is 5.02 Å². The van der Waals surface area contributed by atoms with Crippen LogP contribution >= 0.6 is 11.6 Å². The maximum Gasteiger partial charge on any atom is 0.253 e. The van der Waals surface area contributed by atoms with Gasteiger partial charge in [-0.05, 0) is 56.4 Å². The van der Waals surface area contributed by atoms with Gasteiger partial charge in [0.15, 0.2) is 0 Å². The van der Waals surface area contributed by atoms with Gasteiger partial charge in [0, 0.05) is 40.2 Å². The van der Waals surface area contributed by atoms with Crippen LogP contribution in [0.25, 0.3) is 0 Å². The summed E-state index contributed by atoms with van der Waals surface area (Å²) in [7, 11) is 0. The molecule has 0 saturated carbocycles. The molecule has 27 heavy (non-hydrogen) atoms. The Bertz CT molecular complexity index is 898. The van der Waals surface area contributed by atoms with E-state index in [-0.39, 0.29) is 30.0 Å². The maximum atomic E-state index is 15.3. The summed E-state index contributed by atoms with van der Waals surface area (Å²) in [5.74, 6) is -0.666. The van der Waals surface area contributed by atoms with Gasteiger partial charge in [-0.3, -0.25) is 4.79 Å². The van der Waals surface area contributed by atoms with Crippen LogP contribution in [0, 0.1) is 12.7 Å². The zero-order valence-electron chi connectivity index (χ0n) is 17.0. The molecule has 0 bridgehead atoms. The molecule has 1 aromatic carbocycles. The summed E-state index contributed by atoms with van der Waals surface area (Å²) in [6.45, 7) is -0.346. The number of hydrogen-bond donors (Lipinski definition) is 0. The van der Waals surface area contributed by atoms with Gasteiger partial charge in [-0.1, -0.05) is 11.6 Å². The van der Waals surface area contributed by atoms with E-state index in [1.807, 2.05) is 6.92 Å². The lowest BCUT2D eigenvalue weighted by molar-refractivity contribution is 0.0389. The van der Waals surface area contributed by atoms with Crippen LogP contribution in [0.5, 0.6) is 0 Å². The molecule has 0 aliphatic carbocycles. The van der Waals surface area contributed by atoms with Crippen LogP contribution in [0.2, 0.25) is 5.02 Å². The van der Waals surface area contributed by atoms with E-state index in [2.05, 4.69) is 9.97 Å². The van der Waals surface area contributed by atoms with Crippen LogP contribution in [0.1, 0.15) is 50.2 Å². The first-order valence-corrected chi connectivity index (χ1v) is 9.21. The van der Waals surface area contributed by atoms with Crippen molar-refractivity contribution in [3.63, 3.8) is 0 Å². The van der Waals surface area contributed by atoms with E-state index in [0.29, 0.717) is 18.7 Å². The topological polar surface area (TPSA) is 46.1 Å². The molecule has 2 aromatic rings. The van der Waals surface area contributed by atoms with Crippen LogP contribution < -0.4 is 0 Å². The third-order valence-electron chi connectivity index (χ3n) is 4.64. The Morgan fingerprint density at radius 3 is 2.78 bits per heavy atom. The Morgan fingerprint density at radius 1 is 1.37 bits per heavy atom. The SMILES string of the molecule is [2H]C1([2H])CC(F)(CCCc2ncc(C)cn2)CCN1C(=O)c1ccc(F)c(Cl)c1. The van der Waals surface area contributed by atoms with Crippen molar-refractivity contribution in [2.45, 2.75) is 44.7 Å². The highest BCUT2D eigenvalue weighted by Crippen LogP contribution is 2.32. The standard InChI is InChI=1S/C20H22ClF2N3O/c1-14-12-24-18(25-13-14)3-2-6-20(23)7-9-26(10-8-20)19(27)15-4-5-17(22)16(21)11-15/h4-5,11-13H,2-3,6-10H2,1H3/i9D2. The lowest BCUT2D eigenvalue weighted by Gasteiger charge is -2.36. The molecule has 0 spiro atoms. The summed E-state index contributed by atoms with van der Waals surface area (Å²) in [4.78, 5) is 22.1. The number of nitrogens with zero attached hydrogens (tertiary/aromatic N) is 3. The Labute approximate surface area is 165 Å². The Morgan fingerprint density at radius 2 is 2.11 bits per heavy atom. The molecule has 4 nitrogen and oxygen atoms in total. The fourth-order valence-electron chi connectivity index (χ4n) is 3.00. The van der Waals surface area contributed by atoms with Crippen LogP contribution in [-0.4, -0.2) is 39.5 Å². The fourth-order valence-corrected chi connectivity index (χ4v) is 3.18. The predicted molar refractivity (Wildman–Crippen MR) is 100 cm³/mol. The Hall–Kier alpha value is -2.08. The van der Waals surface area contributed by atoms with Crippen molar-refractivity contribution in [1.82, 2.24) is 14.9 Å². The van der Waals surface area contributed by atoms with E-state index >= 15 is 4.39 Å². The van der Waals surface area contributed by atoms with E-state index in [0.717, 1.165) is 22.6 Å². The number of piperidine rings is 1. The first kappa shape index (κ1) is 17.0. The summed E-state index contributed by atoms with van der Waals surface area (Å²) in [5.41, 5.74) is -0.697. The number of amides is 1. The second-order valence-corrected chi connectivity index (χ2v) is 7.26. The molecule has 0 N–H and O–H groups in total. The maximum absolute atomic E-state index is 15.3. The zero-order chi connectivity index (χ0) is 21.2. The number of benzene rings is 1. The van der Waals surface area contributed by atoms with Crippen LogP contribution in [0.3, 0.4) is 0 Å². The fraction of sp³-hybridized carbons (Fsp3) is 0.450. The lowest BCUT2D eigenvalue weighted by Crippen LogP contribution is -2.44. The summed E-state index contributed by atoms with van der Waals surface area (Å²) in [6, 6.07) is 3.47. The van der Waals surface area contributed by atoms with Crippen LogP contribution in [-0.2, 0) is 6.42 Å². The highest BCUT2D eigenvalue weighted by molar-refractivity contribution is 6.31. The third-order valence-corrected chi connectivity index (χ3v) is 4.93. The predicted octanol–water partition coefficient (Wildman–Crippen LogP) is 4.54. The van der Waals surface area contributed by atoms with Gasteiger partial charge in [0.1, 0.15) is 17.3 Å². The van der Waals surface area contributed by atoms with Gasteiger partial charge in [-0.2, -0.15) is 0 Å². The summed E-state index contributed by atoms with van der Waals surface area (Å²) in [5, 5.41) is -0.216. The largest absolute Gasteiger partial charge is 0.338 e. The van der Waals surface area contributed by atoms with Gasteiger partial charge in [0.25, 0.3) is 5.91 Å². The smallest absolute Gasteiger partial charge is 0.253 e. The summed E-state index contributed by atoms with van der Waals surface area (Å²) in [6.07, 6.45) is 4.17. The molecule has 1 fully saturated rings. The average Bonchev–Trinajstić information content (AvgIpc) is 2.64. The zero-order valence-corrected chi connectivity index (χ0v) is 15.8. The molecule has 7 heteroatoms. The summed E-state index contributed by atoms with van der Waals surface area (Å²) < 4.78 is 45.1. The van der Waals surface area contributed by atoms with E-state index in [1.54, 1.807) is 12.4 Å². The average molecular weight is 396 g/mol. The first-order valence-electron chi connectivity index (χ1n) is 9.83. The van der Waals surface area contributed by atoms with Crippen molar-refractivity contribution >= 4 is 17.5 Å². The first-order chi connectivity index (χ1) is 13.6. The molecule has 2 heterocycles. The van der Waals surface area contributed by atoms with Crippen LogP contribution in [0.15, 0.2) is 30.6 Å². The third kappa shape index (κ3) is 5.01. The van der Waals surface area contributed by atoms with Crippen molar-refractivity contribution in [3.05, 3.63) is 58.4 Å². The highest BCUT2D eigenvalue weighted by atomic mass is 35.5.